The van der Waals surface area contributed by atoms with Gasteiger partial charge in [-0.25, -0.2) is 0 Å². The quantitative estimate of drug-likeness (QED) is 0.379. The fraction of sp³-hybridized carbons (Fsp3) is 0.714. The zero-order valence-corrected chi connectivity index (χ0v) is 14.0. The third kappa shape index (κ3) is 5.42. The van der Waals surface area contributed by atoms with Crippen molar-refractivity contribution >= 4 is 23.5 Å². The third-order valence-electron chi connectivity index (χ3n) is 3.31. The van der Waals surface area contributed by atoms with E-state index < -0.39 is 0 Å². The topological polar surface area (TPSA) is 35.9 Å². The second-order valence-electron chi connectivity index (χ2n) is 4.83. The Kier molecular flexibility index (Phi) is 8.91. The Bertz CT molecular complexity index is 303. The SMILES string of the molecule is C=CCSCCC1C(CSCC=C)C(N(C)O)ON1C. The van der Waals surface area contributed by atoms with Gasteiger partial charge in [0.15, 0.2) is 6.23 Å². The lowest BCUT2D eigenvalue weighted by molar-refractivity contribution is -0.256. The number of hydrogen-bond donors (Lipinski definition) is 1. The van der Waals surface area contributed by atoms with Gasteiger partial charge in [0.25, 0.3) is 0 Å². The first-order chi connectivity index (χ1) is 9.61. The van der Waals surface area contributed by atoms with Gasteiger partial charge in [0.2, 0.25) is 0 Å². The van der Waals surface area contributed by atoms with Gasteiger partial charge in [-0.3, -0.25) is 4.84 Å². The van der Waals surface area contributed by atoms with E-state index in [-0.39, 0.29) is 6.23 Å². The fourth-order valence-electron chi connectivity index (χ4n) is 2.38. The van der Waals surface area contributed by atoms with Crippen LogP contribution in [0.4, 0.5) is 0 Å². The zero-order chi connectivity index (χ0) is 15.0. The number of hydroxylamine groups is 4. The van der Waals surface area contributed by atoms with E-state index in [1.807, 2.05) is 47.8 Å². The van der Waals surface area contributed by atoms with Crippen LogP contribution in [0.15, 0.2) is 25.3 Å². The maximum absolute atomic E-state index is 9.76. The lowest BCUT2D eigenvalue weighted by Gasteiger charge is -2.24. The number of hydrogen-bond acceptors (Lipinski definition) is 6. The lowest BCUT2D eigenvalue weighted by Crippen LogP contribution is -2.38. The Morgan fingerprint density at radius 2 is 1.95 bits per heavy atom. The Morgan fingerprint density at radius 1 is 1.30 bits per heavy atom. The average Bonchev–Trinajstić information content (AvgIpc) is 2.72. The highest BCUT2D eigenvalue weighted by Gasteiger charge is 2.42. The minimum atomic E-state index is -0.258. The molecule has 0 bridgehead atoms. The molecule has 4 nitrogen and oxygen atoms in total. The Balaban J connectivity index is 2.56. The van der Waals surface area contributed by atoms with Crippen molar-refractivity contribution in [3.63, 3.8) is 0 Å². The van der Waals surface area contributed by atoms with Crippen molar-refractivity contribution in [2.75, 3.05) is 37.1 Å². The Labute approximate surface area is 131 Å². The first-order valence-corrected chi connectivity index (χ1v) is 9.11. The van der Waals surface area contributed by atoms with E-state index in [9.17, 15) is 5.21 Å². The normalized spacial score (nSPS) is 27.1. The highest BCUT2D eigenvalue weighted by molar-refractivity contribution is 7.99. The van der Waals surface area contributed by atoms with E-state index in [0.717, 1.165) is 29.4 Å². The molecule has 0 amide bonds. The molecule has 0 saturated carbocycles. The van der Waals surface area contributed by atoms with Crippen molar-refractivity contribution in [1.29, 1.82) is 0 Å². The summed E-state index contributed by atoms with van der Waals surface area (Å²) in [4.78, 5) is 5.78. The third-order valence-corrected chi connectivity index (χ3v) is 5.40. The van der Waals surface area contributed by atoms with E-state index in [0.29, 0.717) is 12.0 Å². The molecule has 1 saturated heterocycles. The molecule has 6 heteroatoms. The van der Waals surface area contributed by atoms with Crippen molar-refractivity contribution in [3.05, 3.63) is 25.3 Å². The minimum absolute atomic E-state index is 0.258. The van der Waals surface area contributed by atoms with E-state index >= 15 is 0 Å². The summed E-state index contributed by atoms with van der Waals surface area (Å²) >= 11 is 3.72. The van der Waals surface area contributed by atoms with Crippen molar-refractivity contribution in [2.45, 2.75) is 18.7 Å². The standard InChI is InChI=1S/C14H26N2O2S2/c1-5-8-19-10-7-13-12(11-20-9-6-2)14(15(3)17)18-16(13)4/h5-6,12-14,17H,1-2,7-11H2,3-4H3. The fourth-order valence-corrected chi connectivity index (χ4v) is 4.08. The highest BCUT2D eigenvalue weighted by atomic mass is 32.2. The number of thioether (sulfide) groups is 2. The lowest BCUT2D eigenvalue weighted by atomic mass is 9.99. The van der Waals surface area contributed by atoms with Gasteiger partial charge in [0.05, 0.1) is 0 Å². The molecular weight excluding hydrogens is 292 g/mol. The predicted molar refractivity (Wildman–Crippen MR) is 89.1 cm³/mol. The van der Waals surface area contributed by atoms with Gasteiger partial charge < -0.3 is 5.21 Å². The molecule has 0 aliphatic carbocycles. The van der Waals surface area contributed by atoms with Gasteiger partial charge >= 0.3 is 0 Å². The van der Waals surface area contributed by atoms with Crippen LogP contribution >= 0.6 is 23.5 Å². The van der Waals surface area contributed by atoms with Crippen LogP contribution in [-0.4, -0.2) is 64.7 Å². The van der Waals surface area contributed by atoms with Gasteiger partial charge in [0.1, 0.15) is 0 Å². The van der Waals surface area contributed by atoms with Crippen LogP contribution in [0.2, 0.25) is 0 Å². The smallest absolute Gasteiger partial charge is 0.159 e. The summed E-state index contributed by atoms with van der Waals surface area (Å²) < 4.78 is 0. The molecule has 1 aliphatic rings. The van der Waals surface area contributed by atoms with Gasteiger partial charge in [0, 0.05) is 43.3 Å². The molecule has 1 aliphatic heterocycles. The molecule has 0 radical (unpaired) electrons. The van der Waals surface area contributed by atoms with Gasteiger partial charge in [-0.15, -0.1) is 13.2 Å². The van der Waals surface area contributed by atoms with Crippen LogP contribution in [0.1, 0.15) is 6.42 Å². The second-order valence-corrected chi connectivity index (χ2v) is 7.05. The van der Waals surface area contributed by atoms with Crippen molar-refractivity contribution in [2.24, 2.45) is 5.92 Å². The summed E-state index contributed by atoms with van der Waals surface area (Å²) in [6, 6.07) is 0.337. The molecule has 1 heterocycles. The molecular formula is C14H26N2O2S2. The van der Waals surface area contributed by atoms with Gasteiger partial charge in [-0.1, -0.05) is 12.2 Å². The predicted octanol–water partition coefficient (Wildman–Crippen LogP) is 2.72. The molecule has 0 aromatic heterocycles. The summed E-state index contributed by atoms with van der Waals surface area (Å²) in [5, 5.41) is 12.9. The van der Waals surface area contributed by atoms with Crippen LogP contribution in [0.5, 0.6) is 0 Å². The summed E-state index contributed by atoms with van der Waals surface area (Å²) in [5.74, 6) is 4.25. The first kappa shape index (κ1) is 18.1. The van der Waals surface area contributed by atoms with Crippen LogP contribution < -0.4 is 0 Å². The monoisotopic (exact) mass is 318 g/mol. The molecule has 1 fully saturated rings. The minimum Gasteiger partial charge on any atom is -0.312 e. The maximum Gasteiger partial charge on any atom is 0.159 e. The Hall–Kier alpha value is 0.0200. The molecule has 0 aromatic carbocycles. The van der Waals surface area contributed by atoms with Crippen LogP contribution in [0.3, 0.4) is 0 Å². The number of rotatable bonds is 10. The molecule has 20 heavy (non-hydrogen) atoms. The summed E-state index contributed by atoms with van der Waals surface area (Å²) in [7, 11) is 3.61. The van der Waals surface area contributed by atoms with Crippen molar-refractivity contribution in [1.82, 2.24) is 10.1 Å². The van der Waals surface area contributed by atoms with Crippen molar-refractivity contribution < 1.29 is 10.0 Å². The van der Waals surface area contributed by atoms with Crippen molar-refractivity contribution in [3.8, 4) is 0 Å². The van der Waals surface area contributed by atoms with Crippen LogP contribution in [0.25, 0.3) is 0 Å². The molecule has 1 rings (SSSR count). The number of nitrogens with zero attached hydrogens (tertiary/aromatic N) is 2. The summed E-state index contributed by atoms with van der Waals surface area (Å²) in [6.07, 6.45) is 4.64. The largest absolute Gasteiger partial charge is 0.312 e. The molecule has 0 aromatic rings. The molecule has 0 spiro atoms. The second kappa shape index (κ2) is 9.87. The van der Waals surface area contributed by atoms with E-state index in [1.54, 1.807) is 7.05 Å². The van der Waals surface area contributed by atoms with Gasteiger partial charge in [-0.2, -0.15) is 33.7 Å². The van der Waals surface area contributed by atoms with Crippen LogP contribution in [-0.2, 0) is 4.84 Å². The summed E-state index contributed by atoms with van der Waals surface area (Å²) in [5.41, 5.74) is 0. The van der Waals surface area contributed by atoms with Gasteiger partial charge in [-0.05, 0) is 12.2 Å². The molecule has 1 N–H and O–H groups in total. The molecule has 3 unspecified atom stereocenters. The molecule has 116 valence electrons. The van der Waals surface area contributed by atoms with E-state index in [2.05, 4.69) is 13.2 Å². The van der Waals surface area contributed by atoms with E-state index in [1.165, 1.54) is 5.06 Å². The zero-order valence-electron chi connectivity index (χ0n) is 12.4. The Morgan fingerprint density at radius 3 is 2.55 bits per heavy atom. The summed E-state index contributed by atoms with van der Waals surface area (Å²) in [6.45, 7) is 7.48. The van der Waals surface area contributed by atoms with Crippen LogP contribution in [0, 0.1) is 5.92 Å². The van der Waals surface area contributed by atoms with E-state index in [4.69, 9.17) is 4.84 Å². The molecule has 3 atom stereocenters. The average molecular weight is 319 g/mol. The maximum atomic E-state index is 9.76. The highest BCUT2D eigenvalue weighted by Crippen LogP contribution is 2.33. The first-order valence-electron chi connectivity index (χ1n) is 6.80.